The smallest absolute Gasteiger partial charge is 0.122 e. The van der Waals surface area contributed by atoms with Gasteiger partial charge in [-0.1, -0.05) is 42.5 Å². The minimum atomic E-state index is 0.0888. The number of nitriles is 1. The first-order valence-corrected chi connectivity index (χ1v) is 7.42. The number of hydrogen-bond donors (Lipinski definition) is 1. The third-order valence-electron chi connectivity index (χ3n) is 2.94. The summed E-state index contributed by atoms with van der Waals surface area (Å²) in [5.74, 6) is 1.55. The van der Waals surface area contributed by atoms with Gasteiger partial charge in [-0.15, -0.1) is 0 Å². The third-order valence-corrected chi connectivity index (χ3v) is 3.16. The lowest BCUT2D eigenvalue weighted by Crippen LogP contribution is -2.09. The van der Waals surface area contributed by atoms with E-state index in [2.05, 4.69) is 0 Å². The van der Waals surface area contributed by atoms with Crippen LogP contribution in [0.3, 0.4) is 0 Å². The molecule has 0 aromatic heterocycles. The van der Waals surface area contributed by atoms with Gasteiger partial charge in [-0.3, -0.25) is 0 Å². The molecule has 2 N–H and O–H groups in total. The van der Waals surface area contributed by atoms with E-state index in [1.807, 2.05) is 60.7 Å². The Morgan fingerprint density at radius 1 is 1.00 bits per heavy atom. The van der Waals surface area contributed by atoms with Gasteiger partial charge in [-0.2, -0.15) is 5.26 Å². The van der Waals surface area contributed by atoms with Gasteiger partial charge in [0, 0.05) is 0 Å². The SMILES string of the molecule is N#C/C(=C\c1ccc(OCCOc2ccccc2)cc1)C(N)=S. The lowest BCUT2D eigenvalue weighted by molar-refractivity contribution is 0.217. The topological polar surface area (TPSA) is 68.3 Å². The predicted octanol–water partition coefficient (Wildman–Crippen LogP) is 3.34. The average Bonchev–Trinajstić information content (AvgIpc) is 2.58. The largest absolute Gasteiger partial charge is 0.490 e. The fourth-order valence-electron chi connectivity index (χ4n) is 1.82. The second kappa shape index (κ2) is 8.57. The molecular weight excluding hydrogens is 308 g/mol. The van der Waals surface area contributed by atoms with E-state index in [1.165, 1.54) is 0 Å². The molecule has 0 fully saturated rings. The molecular formula is C18H16N2O2S. The number of rotatable bonds is 7. The Labute approximate surface area is 140 Å². The molecule has 23 heavy (non-hydrogen) atoms. The van der Waals surface area contributed by atoms with Crippen molar-refractivity contribution in [1.82, 2.24) is 0 Å². The molecule has 0 unspecified atom stereocenters. The number of nitrogens with two attached hydrogens (primary N) is 1. The molecule has 2 aromatic carbocycles. The van der Waals surface area contributed by atoms with Gasteiger partial charge in [0.15, 0.2) is 0 Å². The molecule has 0 aliphatic heterocycles. The molecule has 0 spiro atoms. The highest BCUT2D eigenvalue weighted by molar-refractivity contribution is 7.80. The zero-order valence-corrected chi connectivity index (χ0v) is 13.3. The zero-order valence-electron chi connectivity index (χ0n) is 12.4. The summed E-state index contributed by atoms with van der Waals surface area (Å²) in [6.07, 6.45) is 1.64. The molecule has 0 heterocycles. The standard InChI is InChI=1S/C18H16N2O2S/c19-13-15(18(20)23)12-14-6-8-17(9-7-14)22-11-10-21-16-4-2-1-3-5-16/h1-9,12H,10-11H2,(H2,20,23)/b15-12+. The van der Waals surface area contributed by atoms with E-state index >= 15 is 0 Å². The van der Waals surface area contributed by atoms with Crippen molar-refractivity contribution in [2.45, 2.75) is 0 Å². The van der Waals surface area contributed by atoms with E-state index in [0.29, 0.717) is 13.2 Å². The van der Waals surface area contributed by atoms with Crippen molar-refractivity contribution in [1.29, 1.82) is 5.26 Å². The lowest BCUT2D eigenvalue weighted by atomic mass is 10.1. The fraction of sp³-hybridized carbons (Fsp3) is 0.111. The van der Waals surface area contributed by atoms with E-state index < -0.39 is 0 Å². The fourth-order valence-corrected chi connectivity index (χ4v) is 1.93. The Balaban J connectivity index is 1.83. The Bertz CT molecular complexity index is 719. The maximum absolute atomic E-state index is 8.93. The molecule has 2 rings (SSSR count). The van der Waals surface area contributed by atoms with Crippen LogP contribution in [0.2, 0.25) is 0 Å². The van der Waals surface area contributed by atoms with Crippen LogP contribution in [0.15, 0.2) is 60.2 Å². The summed E-state index contributed by atoms with van der Waals surface area (Å²) < 4.78 is 11.1. The van der Waals surface area contributed by atoms with Crippen molar-refractivity contribution in [2.24, 2.45) is 5.73 Å². The first-order chi connectivity index (χ1) is 11.2. The summed E-state index contributed by atoms with van der Waals surface area (Å²) in [6.45, 7) is 0.909. The third kappa shape index (κ3) is 5.46. The number of para-hydroxylation sites is 1. The van der Waals surface area contributed by atoms with Gasteiger partial charge in [-0.25, -0.2) is 0 Å². The number of ether oxygens (including phenoxy) is 2. The highest BCUT2D eigenvalue weighted by atomic mass is 32.1. The Kier molecular flexibility index (Phi) is 6.16. The van der Waals surface area contributed by atoms with E-state index in [0.717, 1.165) is 17.1 Å². The molecule has 0 bridgehead atoms. The van der Waals surface area contributed by atoms with Crippen LogP contribution in [0.4, 0.5) is 0 Å². The maximum atomic E-state index is 8.93. The van der Waals surface area contributed by atoms with Gasteiger partial charge < -0.3 is 15.2 Å². The van der Waals surface area contributed by atoms with Crippen LogP contribution in [0.5, 0.6) is 11.5 Å². The van der Waals surface area contributed by atoms with E-state index in [9.17, 15) is 0 Å². The molecule has 2 aromatic rings. The Morgan fingerprint density at radius 3 is 2.09 bits per heavy atom. The van der Waals surface area contributed by atoms with Crippen LogP contribution in [0.1, 0.15) is 5.56 Å². The summed E-state index contributed by atoms with van der Waals surface area (Å²) in [5.41, 5.74) is 6.57. The van der Waals surface area contributed by atoms with Crippen molar-refractivity contribution >= 4 is 23.3 Å². The summed E-state index contributed by atoms with van der Waals surface area (Å²) in [4.78, 5) is 0.0888. The van der Waals surface area contributed by atoms with Crippen LogP contribution < -0.4 is 15.2 Å². The molecule has 0 aliphatic rings. The van der Waals surface area contributed by atoms with Gasteiger partial charge in [0.1, 0.15) is 35.8 Å². The zero-order chi connectivity index (χ0) is 16.5. The first kappa shape index (κ1) is 16.5. The minimum absolute atomic E-state index is 0.0888. The van der Waals surface area contributed by atoms with Crippen LogP contribution in [-0.2, 0) is 0 Å². The highest BCUT2D eigenvalue weighted by Gasteiger charge is 2.00. The second-order valence-electron chi connectivity index (χ2n) is 4.61. The van der Waals surface area contributed by atoms with Crippen LogP contribution >= 0.6 is 12.2 Å². The molecule has 0 atom stereocenters. The quantitative estimate of drug-likeness (QED) is 0.366. The molecule has 0 radical (unpaired) electrons. The normalized spacial score (nSPS) is 10.7. The van der Waals surface area contributed by atoms with Crippen molar-refractivity contribution in [2.75, 3.05) is 13.2 Å². The molecule has 0 amide bonds. The number of thiocarbonyl (C=S) groups is 1. The molecule has 116 valence electrons. The Hall–Kier alpha value is -2.84. The maximum Gasteiger partial charge on any atom is 0.122 e. The molecule has 0 saturated heterocycles. The van der Waals surface area contributed by atoms with E-state index in [1.54, 1.807) is 6.08 Å². The van der Waals surface area contributed by atoms with Crippen molar-refractivity contribution in [3.05, 3.63) is 65.7 Å². The number of benzene rings is 2. The van der Waals surface area contributed by atoms with Crippen molar-refractivity contribution in [3.63, 3.8) is 0 Å². The predicted molar refractivity (Wildman–Crippen MR) is 94.2 cm³/mol. The summed E-state index contributed by atoms with van der Waals surface area (Å²) in [7, 11) is 0. The van der Waals surface area contributed by atoms with Gasteiger partial charge in [-0.05, 0) is 35.9 Å². The van der Waals surface area contributed by atoms with Crippen LogP contribution in [-0.4, -0.2) is 18.2 Å². The van der Waals surface area contributed by atoms with Gasteiger partial charge in [0.05, 0.1) is 5.57 Å². The lowest BCUT2D eigenvalue weighted by Gasteiger charge is -2.08. The van der Waals surface area contributed by atoms with Crippen LogP contribution in [0, 0.1) is 11.3 Å². The molecule has 0 saturated carbocycles. The highest BCUT2D eigenvalue weighted by Crippen LogP contribution is 2.15. The summed E-state index contributed by atoms with van der Waals surface area (Å²) in [6, 6.07) is 18.9. The van der Waals surface area contributed by atoms with Gasteiger partial charge in [0.25, 0.3) is 0 Å². The van der Waals surface area contributed by atoms with E-state index in [4.69, 9.17) is 32.7 Å². The summed E-state index contributed by atoms with van der Waals surface area (Å²) in [5, 5.41) is 8.93. The number of nitrogens with zero attached hydrogens (tertiary/aromatic N) is 1. The molecule has 0 aliphatic carbocycles. The molecule has 4 nitrogen and oxygen atoms in total. The monoisotopic (exact) mass is 324 g/mol. The van der Waals surface area contributed by atoms with Crippen molar-refractivity contribution in [3.8, 4) is 17.6 Å². The molecule has 5 heteroatoms. The van der Waals surface area contributed by atoms with Crippen molar-refractivity contribution < 1.29 is 9.47 Å². The first-order valence-electron chi connectivity index (χ1n) is 7.01. The van der Waals surface area contributed by atoms with E-state index in [-0.39, 0.29) is 10.6 Å². The van der Waals surface area contributed by atoms with Gasteiger partial charge in [0.2, 0.25) is 0 Å². The Morgan fingerprint density at radius 2 is 1.57 bits per heavy atom. The number of hydrogen-bond acceptors (Lipinski definition) is 4. The minimum Gasteiger partial charge on any atom is -0.490 e. The van der Waals surface area contributed by atoms with Crippen LogP contribution in [0.25, 0.3) is 6.08 Å². The second-order valence-corrected chi connectivity index (χ2v) is 5.05. The summed E-state index contributed by atoms with van der Waals surface area (Å²) >= 11 is 4.80. The van der Waals surface area contributed by atoms with Gasteiger partial charge >= 0.3 is 0 Å². The average molecular weight is 324 g/mol.